The Morgan fingerprint density at radius 3 is 2.47 bits per heavy atom. The Labute approximate surface area is 91.5 Å². The van der Waals surface area contributed by atoms with Crippen molar-refractivity contribution < 1.29 is 4.74 Å². The zero-order valence-electron chi connectivity index (χ0n) is 9.66. The maximum atomic E-state index is 6.08. The number of hydrogen-bond acceptors (Lipinski definition) is 1. The average Bonchev–Trinajstić information content (AvgIpc) is 2.74. The Morgan fingerprint density at radius 1 is 1.13 bits per heavy atom. The smallest absolute Gasteiger partial charge is 0.0871 e. The molecule has 3 unspecified atom stereocenters. The van der Waals surface area contributed by atoms with Crippen molar-refractivity contribution in [3.05, 3.63) is 35.4 Å². The van der Waals surface area contributed by atoms with Gasteiger partial charge in [0.05, 0.1) is 12.2 Å². The zero-order chi connectivity index (χ0) is 10.6. The predicted molar refractivity (Wildman–Crippen MR) is 60.6 cm³/mol. The van der Waals surface area contributed by atoms with E-state index in [1.54, 1.807) is 0 Å². The van der Waals surface area contributed by atoms with Gasteiger partial charge < -0.3 is 4.74 Å². The number of ether oxygens (including phenoxy) is 1. The van der Waals surface area contributed by atoms with Gasteiger partial charge in [0.2, 0.25) is 0 Å². The number of hydrogen-bond donors (Lipinski definition) is 0. The summed E-state index contributed by atoms with van der Waals surface area (Å²) in [4.78, 5) is 0. The molecule has 0 saturated carbocycles. The van der Waals surface area contributed by atoms with Crippen LogP contribution >= 0.6 is 0 Å². The summed E-state index contributed by atoms with van der Waals surface area (Å²) in [5.74, 6) is 0.678. The van der Waals surface area contributed by atoms with E-state index in [9.17, 15) is 0 Å². The Hall–Kier alpha value is -0.820. The van der Waals surface area contributed by atoms with E-state index >= 15 is 0 Å². The summed E-state index contributed by atoms with van der Waals surface area (Å²) in [7, 11) is 0. The Kier molecular flexibility index (Phi) is 1.79. The first-order chi connectivity index (χ1) is 7.07. The van der Waals surface area contributed by atoms with E-state index in [0.29, 0.717) is 23.5 Å². The van der Waals surface area contributed by atoms with Crippen molar-refractivity contribution in [3.63, 3.8) is 0 Å². The van der Waals surface area contributed by atoms with E-state index in [-0.39, 0.29) is 0 Å². The third-order valence-electron chi connectivity index (χ3n) is 3.91. The largest absolute Gasteiger partial charge is 0.365 e. The molecule has 1 aromatic carbocycles. The molecule has 2 aliphatic heterocycles. The second-order valence-corrected chi connectivity index (χ2v) is 5.88. The molecule has 2 aliphatic rings. The monoisotopic (exact) mass is 202 g/mol. The molecule has 1 heteroatoms. The summed E-state index contributed by atoms with van der Waals surface area (Å²) in [5.41, 5.74) is 3.23. The summed E-state index contributed by atoms with van der Waals surface area (Å²) in [5, 5.41) is 0. The van der Waals surface area contributed by atoms with Crippen LogP contribution in [0.5, 0.6) is 0 Å². The van der Waals surface area contributed by atoms with Gasteiger partial charge in [-0.25, -0.2) is 0 Å². The number of rotatable bonds is 0. The summed E-state index contributed by atoms with van der Waals surface area (Å²) < 4.78 is 6.08. The minimum atomic E-state index is 0.353. The first kappa shape index (κ1) is 9.41. The summed E-state index contributed by atoms with van der Waals surface area (Å²) >= 11 is 0. The van der Waals surface area contributed by atoms with Gasteiger partial charge in [0.15, 0.2) is 0 Å². The highest BCUT2D eigenvalue weighted by atomic mass is 16.5. The quantitative estimate of drug-likeness (QED) is 0.620. The molecule has 3 rings (SSSR count). The van der Waals surface area contributed by atoms with E-state index in [1.807, 2.05) is 0 Å². The molecule has 15 heavy (non-hydrogen) atoms. The predicted octanol–water partition coefficient (Wildman–Crippen LogP) is 3.87. The standard InChI is InChI=1S/C14H18O/c1-14(2,3)11-8-12-9-6-4-5-7-10(9)13(11)15-12/h4-7,11-13H,8H2,1-3H3. The van der Waals surface area contributed by atoms with Crippen LogP contribution < -0.4 is 0 Å². The van der Waals surface area contributed by atoms with Crippen molar-refractivity contribution in [1.82, 2.24) is 0 Å². The maximum Gasteiger partial charge on any atom is 0.0871 e. The second kappa shape index (κ2) is 2.85. The van der Waals surface area contributed by atoms with E-state index in [4.69, 9.17) is 4.74 Å². The van der Waals surface area contributed by atoms with Crippen LogP contribution in [-0.4, -0.2) is 0 Å². The summed E-state index contributed by atoms with van der Waals surface area (Å²) in [6, 6.07) is 8.70. The lowest BCUT2D eigenvalue weighted by Gasteiger charge is -2.32. The molecule has 0 spiro atoms. The van der Waals surface area contributed by atoms with Gasteiger partial charge in [-0.05, 0) is 28.9 Å². The van der Waals surface area contributed by atoms with Crippen molar-refractivity contribution in [1.29, 1.82) is 0 Å². The van der Waals surface area contributed by atoms with Crippen LogP contribution in [0.3, 0.4) is 0 Å². The van der Waals surface area contributed by atoms with Gasteiger partial charge in [0.1, 0.15) is 0 Å². The fourth-order valence-electron chi connectivity index (χ4n) is 3.04. The first-order valence-corrected chi connectivity index (χ1v) is 5.81. The van der Waals surface area contributed by atoms with Crippen molar-refractivity contribution in [2.75, 3.05) is 0 Å². The summed E-state index contributed by atoms with van der Waals surface area (Å²) in [6.45, 7) is 6.97. The topological polar surface area (TPSA) is 9.23 Å². The molecule has 1 aromatic rings. The van der Waals surface area contributed by atoms with Gasteiger partial charge >= 0.3 is 0 Å². The van der Waals surface area contributed by atoms with Crippen LogP contribution in [-0.2, 0) is 4.74 Å². The van der Waals surface area contributed by atoms with Gasteiger partial charge in [-0.1, -0.05) is 45.0 Å². The molecule has 1 saturated heterocycles. The minimum Gasteiger partial charge on any atom is -0.365 e. The normalized spacial score (nSPS) is 33.1. The molecule has 0 N–H and O–H groups in total. The summed E-state index contributed by atoms with van der Waals surface area (Å²) in [6.07, 6.45) is 1.92. The van der Waals surface area contributed by atoms with Crippen LogP contribution in [0.4, 0.5) is 0 Å². The third kappa shape index (κ3) is 1.26. The molecule has 0 aliphatic carbocycles. The minimum absolute atomic E-state index is 0.353. The molecule has 0 aromatic heterocycles. The second-order valence-electron chi connectivity index (χ2n) is 5.88. The lowest BCUT2D eigenvalue weighted by Crippen LogP contribution is -2.25. The van der Waals surface area contributed by atoms with E-state index in [2.05, 4.69) is 45.0 Å². The van der Waals surface area contributed by atoms with Crippen molar-refractivity contribution in [2.24, 2.45) is 11.3 Å². The van der Waals surface area contributed by atoms with Crippen LogP contribution in [0.15, 0.2) is 24.3 Å². The van der Waals surface area contributed by atoms with Crippen LogP contribution in [0.25, 0.3) is 0 Å². The zero-order valence-corrected chi connectivity index (χ0v) is 9.66. The molecule has 1 fully saturated rings. The third-order valence-corrected chi connectivity index (χ3v) is 3.91. The Morgan fingerprint density at radius 2 is 1.80 bits per heavy atom. The van der Waals surface area contributed by atoms with E-state index in [1.165, 1.54) is 17.5 Å². The molecular weight excluding hydrogens is 184 g/mol. The molecule has 80 valence electrons. The first-order valence-electron chi connectivity index (χ1n) is 5.81. The maximum absolute atomic E-state index is 6.08. The van der Waals surface area contributed by atoms with E-state index in [0.717, 1.165) is 0 Å². The Balaban J connectivity index is 2.02. The highest BCUT2D eigenvalue weighted by Gasteiger charge is 2.48. The molecular formula is C14H18O. The fourth-order valence-corrected chi connectivity index (χ4v) is 3.04. The lowest BCUT2D eigenvalue weighted by molar-refractivity contribution is 0.0406. The Bertz CT molecular complexity index is 389. The van der Waals surface area contributed by atoms with Gasteiger partial charge in [-0.15, -0.1) is 0 Å². The molecule has 3 atom stereocenters. The molecule has 2 heterocycles. The van der Waals surface area contributed by atoms with Crippen LogP contribution in [0, 0.1) is 11.3 Å². The van der Waals surface area contributed by atoms with Gasteiger partial charge in [-0.3, -0.25) is 0 Å². The number of fused-ring (bicyclic) bond motifs is 5. The van der Waals surface area contributed by atoms with Crippen LogP contribution in [0.1, 0.15) is 50.5 Å². The number of benzene rings is 1. The van der Waals surface area contributed by atoms with Gasteiger partial charge in [-0.2, -0.15) is 0 Å². The van der Waals surface area contributed by atoms with Crippen LogP contribution in [0.2, 0.25) is 0 Å². The van der Waals surface area contributed by atoms with E-state index < -0.39 is 0 Å². The molecule has 1 nitrogen and oxygen atoms in total. The van der Waals surface area contributed by atoms with Crippen molar-refractivity contribution in [3.8, 4) is 0 Å². The lowest BCUT2D eigenvalue weighted by atomic mass is 9.70. The molecule has 0 radical (unpaired) electrons. The van der Waals surface area contributed by atoms with Crippen molar-refractivity contribution in [2.45, 2.75) is 39.4 Å². The molecule has 0 amide bonds. The highest BCUT2D eigenvalue weighted by Crippen LogP contribution is 2.58. The van der Waals surface area contributed by atoms with Crippen molar-refractivity contribution >= 4 is 0 Å². The van der Waals surface area contributed by atoms with Gasteiger partial charge in [0, 0.05) is 0 Å². The van der Waals surface area contributed by atoms with Gasteiger partial charge in [0.25, 0.3) is 0 Å². The average molecular weight is 202 g/mol. The molecule has 2 bridgehead atoms. The fraction of sp³-hybridized carbons (Fsp3) is 0.571. The SMILES string of the molecule is CC(C)(C)C1CC2OC1c1ccccc12. The highest BCUT2D eigenvalue weighted by molar-refractivity contribution is 5.38.